The van der Waals surface area contributed by atoms with Gasteiger partial charge in [-0.2, -0.15) is 0 Å². The average molecular weight is 427 g/mol. The molecule has 2 N–H and O–H groups in total. The lowest BCUT2D eigenvalue weighted by Crippen LogP contribution is -2.35. The van der Waals surface area contributed by atoms with Gasteiger partial charge in [-0.05, 0) is 55.5 Å². The summed E-state index contributed by atoms with van der Waals surface area (Å²) in [5.41, 5.74) is 2.87. The third-order valence-electron chi connectivity index (χ3n) is 5.24. The number of nitrogens with one attached hydrogen (secondary N) is 2. The van der Waals surface area contributed by atoms with Crippen LogP contribution < -0.4 is 10.6 Å². The van der Waals surface area contributed by atoms with Crippen LogP contribution in [0.15, 0.2) is 54.0 Å². The summed E-state index contributed by atoms with van der Waals surface area (Å²) >= 11 is 6.04. The zero-order chi connectivity index (χ0) is 21.1. The molecule has 0 aliphatic heterocycles. The van der Waals surface area contributed by atoms with E-state index >= 15 is 0 Å². The van der Waals surface area contributed by atoms with Crippen molar-refractivity contribution in [2.45, 2.75) is 31.9 Å². The second-order valence-electron chi connectivity index (χ2n) is 7.37. The zero-order valence-electron chi connectivity index (χ0n) is 16.1. The second-order valence-corrected chi connectivity index (χ2v) is 7.85. The molecule has 1 saturated carbocycles. The number of rotatable bonds is 5. The minimum atomic E-state index is -0.912. The number of halogens is 2. The minimum absolute atomic E-state index is 0.228. The van der Waals surface area contributed by atoms with E-state index < -0.39 is 6.17 Å². The van der Waals surface area contributed by atoms with Gasteiger partial charge in [0.25, 0.3) is 5.91 Å². The number of alkyl halides is 1. The number of pyridine rings is 2. The van der Waals surface area contributed by atoms with Crippen molar-refractivity contribution in [1.82, 2.24) is 9.97 Å². The number of anilines is 2. The number of carbonyl (C=O) groups is 2. The van der Waals surface area contributed by atoms with Crippen LogP contribution in [0.4, 0.5) is 15.9 Å². The predicted octanol–water partition coefficient (Wildman–Crippen LogP) is 4.72. The third kappa shape index (κ3) is 4.57. The molecule has 30 heavy (non-hydrogen) atoms. The molecule has 0 aromatic carbocycles. The fourth-order valence-corrected chi connectivity index (χ4v) is 3.59. The fourth-order valence-electron chi connectivity index (χ4n) is 3.44. The first-order chi connectivity index (χ1) is 14.5. The molecule has 2 amide bonds. The Morgan fingerprint density at radius 3 is 2.67 bits per heavy atom. The lowest BCUT2D eigenvalue weighted by Gasteiger charge is -2.28. The first-order valence-electron chi connectivity index (χ1n) is 9.71. The van der Waals surface area contributed by atoms with Crippen molar-refractivity contribution in [3.05, 3.63) is 65.1 Å². The number of hydrogen-bond acceptors (Lipinski definition) is 4. The van der Waals surface area contributed by atoms with Crippen molar-refractivity contribution in [3.8, 4) is 0 Å². The molecule has 0 bridgehead atoms. The predicted molar refractivity (Wildman–Crippen MR) is 114 cm³/mol. The molecular formula is C22H20ClFN4O2. The number of carbonyl (C=O) groups excluding carboxylic acids is 2. The molecule has 0 unspecified atom stereocenters. The van der Waals surface area contributed by atoms with Crippen LogP contribution in [0.3, 0.4) is 0 Å². The van der Waals surface area contributed by atoms with Crippen LogP contribution in [0, 0.1) is 5.92 Å². The molecule has 0 spiro atoms. The first kappa shape index (κ1) is 20.2. The Morgan fingerprint density at radius 2 is 1.93 bits per heavy atom. The highest BCUT2D eigenvalue weighted by Gasteiger charge is 2.34. The van der Waals surface area contributed by atoms with Gasteiger partial charge in [-0.3, -0.25) is 14.6 Å². The molecule has 4 rings (SSSR count). The molecule has 2 aliphatic carbocycles. The highest BCUT2D eigenvalue weighted by atomic mass is 35.5. The summed E-state index contributed by atoms with van der Waals surface area (Å²) in [6.45, 7) is 0. The van der Waals surface area contributed by atoms with E-state index in [1.54, 1.807) is 18.5 Å². The summed E-state index contributed by atoms with van der Waals surface area (Å²) in [5, 5.41) is 6.33. The van der Waals surface area contributed by atoms with Crippen molar-refractivity contribution in [3.63, 3.8) is 0 Å². The van der Waals surface area contributed by atoms with Crippen molar-refractivity contribution in [2.24, 2.45) is 5.92 Å². The maximum atomic E-state index is 13.0. The van der Waals surface area contributed by atoms with Crippen LogP contribution in [-0.2, 0) is 4.79 Å². The molecule has 0 saturated heterocycles. The van der Waals surface area contributed by atoms with Gasteiger partial charge in [-0.25, -0.2) is 9.37 Å². The molecule has 154 valence electrons. The Bertz CT molecular complexity index is 1050. The molecule has 1 fully saturated rings. The Balaban J connectivity index is 1.48. The molecule has 0 radical (unpaired) electrons. The van der Waals surface area contributed by atoms with Gasteiger partial charge in [-0.15, -0.1) is 0 Å². The molecule has 2 aromatic heterocycles. The standard InChI is InChI=1S/C22H20ClFN4O2/c23-16-3-1-13(2-4-16)18-6-7-25-12-19(18)27-21(29)14-5-8-26-20(11-14)28-22(30)15-9-17(24)10-15/h1,3,5-8,11-12,15,17H,2,4,9-10H2,(H,27,29)(H,26,28,30). The van der Waals surface area contributed by atoms with Crippen LogP contribution >= 0.6 is 11.6 Å². The summed E-state index contributed by atoms with van der Waals surface area (Å²) in [4.78, 5) is 33.1. The molecule has 0 atom stereocenters. The molecule has 8 heteroatoms. The van der Waals surface area contributed by atoms with E-state index in [0.717, 1.165) is 29.0 Å². The van der Waals surface area contributed by atoms with Crippen molar-refractivity contribution >= 4 is 40.5 Å². The Kier molecular flexibility index (Phi) is 5.90. The van der Waals surface area contributed by atoms with Crippen LogP contribution in [0.5, 0.6) is 0 Å². The third-order valence-corrected chi connectivity index (χ3v) is 5.55. The van der Waals surface area contributed by atoms with Gasteiger partial charge in [0.2, 0.25) is 5.91 Å². The summed E-state index contributed by atoms with van der Waals surface area (Å²) in [6, 6.07) is 4.91. The van der Waals surface area contributed by atoms with E-state index in [1.165, 1.54) is 12.3 Å². The monoisotopic (exact) mass is 426 g/mol. The average Bonchev–Trinajstić information content (AvgIpc) is 2.72. The highest BCUT2D eigenvalue weighted by molar-refractivity contribution is 6.30. The van der Waals surface area contributed by atoms with Gasteiger partial charge in [-0.1, -0.05) is 17.7 Å². The van der Waals surface area contributed by atoms with Gasteiger partial charge in [0.1, 0.15) is 12.0 Å². The molecule has 6 nitrogen and oxygen atoms in total. The zero-order valence-corrected chi connectivity index (χ0v) is 16.8. The van der Waals surface area contributed by atoms with Crippen LogP contribution in [-0.4, -0.2) is 28.0 Å². The van der Waals surface area contributed by atoms with Gasteiger partial charge >= 0.3 is 0 Å². The summed E-state index contributed by atoms with van der Waals surface area (Å²) < 4.78 is 13.0. The quantitative estimate of drug-likeness (QED) is 0.724. The second kappa shape index (κ2) is 8.75. The number of nitrogens with zero attached hydrogens (tertiary/aromatic N) is 2. The molecular weight excluding hydrogens is 407 g/mol. The topological polar surface area (TPSA) is 84.0 Å². The number of allylic oxidation sites excluding steroid dienone is 4. The SMILES string of the molecule is O=C(Nc1cnccc1C1=CC=C(Cl)CC1)c1ccnc(NC(=O)C2CC(F)C2)c1. The van der Waals surface area contributed by atoms with E-state index in [0.29, 0.717) is 11.3 Å². The Hall–Kier alpha value is -3.06. The van der Waals surface area contributed by atoms with Crippen LogP contribution in [0.25, 0.3) is 5.57 Å². The number of amides is 2. The summed E-state index contributed by atoms with van der Waals surface area (Å²) in [7, 11) is 0. The van der Waals surface area contributed by atoms with Crippen molar-refractivity contribution in [1.29, 1.82) is 0 Å². The van der Waals surface area contributed by atoms with Crippen LogP contribution in [0.1, 0.15) is 41.6 Å². The lowest BCUT2D eigenvalue weighted by atomic mass is 9.83. The van der Waals surface area contributed by atoms with E-state index in [2.05, 4.69) is 20.6 Å². The number of hydrogen-bond donors (Lipinski definition) is 2. The smallest absolute Gasteiger partial charge is 0.255 e. The summed E-state index contributed by atoms with van der Waals surface area (Å²) in [6.07, 6.45) is 9.59. The fraction of sp³-hybridized carbons (Fsp3) is 0.273. The minimum Gasteiger partial charge on any atom is -0.320 e. The molecule has 2 aromatic rings. The van der Waals surface area contributed by atoms with Crippen molar-refractivity contribution in [2.75, 3.05) is 10.6 Å². The van der Waals surface area contributed by atoms with E-state index in [1.807, 2.05) is 18.2 Å². The molecule has 2 heterocycles. The molecule has 2 aliphatic rings. The van der Waals surface area contributed by atoms with E-state index in [-0.39, 0.29) is 36.4 Å². The van der Waals surface area contributed by atoms with Gasteiger partial charge < -0.3 is 10.6 Å². The van der Waals surface area contributed by atoms with Gasteiger partial charge in [0.05, 0.1) is 11.9 Å². The normalized spacial score (nSPS) is 20.5. The Morgan fingerprint density at radius 1 is 1.10 bits per heavy atom. The lowest BCUT2D eigenvalue weighted by molar-refractivity contribution is -0.124. The van der Waals surface area contributed by atoms with Crippen molar-refractivity contribution < 1.29 is 14.0 Å². The van der Waals surface area contributed by atoms with Gasteiger partial charge in [0.15, 0.2) is 0 Å². The van der Waals surface area contributed by atoms with E-state index in [4.69, 9.17) is 11.6 Å². The first-order valence-corrected chi connectivity index (χ1v) is 10.1. The largest absolute Gasteiger partial charge is 0.320 e. The Labute approximate surface area is 178 Å². The maximum Gasteiger partial charge on any atom is 0.255 e. The maximum absolute atomic E-state index is 13.0. The van der Waals surface area contributed by atoms with E-state index in [9.17, 15) is 14.0 Å². The summed E-state index contributed by atoms with van der Waals surface area (Å²) in [5.74, 6) is -0.709. The highest BCUT2D eigenvalue weighted by Crippen LogP contribution is 2.32. The van der Waals surface area contributed by atoms with Gasteiger partial charge in [0, 0.05) is 34.5 Å². The van der Waals surface area contributed by atoms with Crippen LogP contribution in [0.2, 0.25) is 0 Å². The number of aromatic nitrogens is 2.